The Labute approximate surface area is 115 Å². The molecule has 1 aliphatic carbocycles. The van der Waals surface area contributed by atoms with E-state index in [-0.39, 0.29) is 11.9 Å². The van der Waals surface area contributed by atoms with Crippen LogP contribution in [0.15, 0.2) is 23.6 Å². The van der Waals surface area contributed by atoms with Crippen LogP contribution >= 0.6 is 11.3 Å². The smallest absolute Gasteiger partial charge is 0.271 e. The van der Waals surface area contributed by atoms with Gasteiger partial charge in [-0.1, -0.05) is 6.07 Å². The van der Waals surface area contributed by atoms with E-state index in [1.54, 1.807) is 17.4 Å². The second-order valence-corrected chi connectivity index (χ2v) is 5.80. The van der Waals surface area contributed by atoms with Crippen LogP contribution in [0.25, 0.3) is 10.6 Å². The third kappa shape index (κ3) is 2.85. The molecule has 1 amide bonds. The number of nitrogens with zero attached hydrogens (tertiary/aromatic N) is 1. The first-order valence-corrected chi connectivity index (χ1v) is 7.25. The fraction of sp³-hybridized carbons (Fsp3) is 0.385. The minimum Gasteiger partial charge on any atom is -0.349 e. The summed E-state index contributed by atoms with van der Waals surface area (Å²) in [5.74, 6) is 0.413. The van der Waals surface area contributed by atoms with Crippen LogP contribution in [0.4, 0.5) is 0 Å². The first-order chi connectivity index (χ1) is 9.24. The summed E-state index contributed by atoms with van der Waals surface area (Å²) in [6.07, 6.45) is 2.37. The number of carbonyl (C=O) groups excluding carboxylic acids is 1. The molecule has 0 saturated heterocycles. The normalized spacial score (nSPS) is 16.3. The molecule has 0 radical (unpaired) electrons. The molecule has 1 aliphatic rings. The van der Waals surface area contributed by atoms with Gasteiger partial charge in [-0.05, 0) is 36.3 Å². The molecule has 6 heteroatoms. The summed E-state index contributed by atoms with van der Waals surface area (Å²) in [6, 6.07) is 5.79. The summed E-state index contributed by atoms with van der Waals surface area (Å²) in [4.78, 5) is 13.0. The summed E-state index contributed by atoms with van der Waals surface area (Å²) < 4.78 is 0. The van der Waals surface area contributed by atoms with Crippen LogP contribution in [0.1, 0.15) is 23.3 Å². The van der Waals surface area contributed by atoms with Gasteiger partial charge < -0.3 is 11.1 Å². The SMILES string of the molecule is NC(CNC(=O)c1cc(-c2cccs2)[nH]n1)C1CC1. The number of carbonyl (C=O) groups is 1. The molecule has 0 spiro atoms. The van der Waals surface area contributed by atoms with Crippen LogP contribution in [-0.2, 0) is 0 Å². The van der Waals surface area contributed by atoms with Gasteiger partial charge in [0.15, 0.2) is 5.69 Å². The monoisotopic (exact) mass is 276 g/mol. The predicted octanol–water partition coefficient (Wildman–Crippen LogP) is 1.61. The number of hydrogen-bond donors (Lipinski definition) is 3. The summed E-state index contributed by atoms with van der Waals surface area (Å²) >= 11 is 1.61. The lowest BCUT2D eigenvalue weighted by Gasteiger charge is -2.10. The Kier molecular flexibility index (Phi) is 3.35. The lowest BCUT2D eigenvalue weighted by atomic mass is 10.2. The molecule has 19 heavy (non-hydrogen) atoms. The van der Waals surface area contributed by atoms with Gasteiger partial charge in [-0.2, -0.15) is 5.10 Å². The number of rotatable bonds is 5. The highest BCUT2D eigenvalue weighted by molar-refractivity contribution is 7.13. The fourth-order valence-corrected chi connectivity index (χ4v) is 2.68. The first kappa shape index (κ1) is 12.4. The van der Waals surface area contributed by atoms with Crippen LogP contribution in [0.5, 0.6) is 0 Å². The molecule has 2 heterocycles. The highest BCUT2D eigenvalue weighted by atomic mass is 32.1. The lowest BCUT2D eigenvalue weighted by molar-refractivity contribution is 0.0945. The standard InChI is InChI=1S/C13H16N4OS/c14-9(8-3-4-8)7-15-13(18)11-6-10(16-17-11)12-2-1-5-19-12/h1-2,5-6,8-9H,3-4,7,14H2,(H,15,18)(H,16,17). The summed E-state index contributed by atoms with van der Waals surface area (Å²) in [5, 5.41) is 11.7. The first-order valence-electron chi connectivity index (χ1n) is 6.37. The van der Waals surface area contributed by atoms with Gasteiger partial charge in [-0.25, -0.2) is 0 Å². The van der Waals surface area contributed by atoms with Gasteiger partial charge in [-0.3, -0.25) is 9.89 Å². The Morgan fingerprint density at radius 1 is 1.63 bits per heavy atom. The van der Waals surface area contributed by atoms with E-state index in [1.807, 2.05) is 17.5 Å². The van der Waals surface area contributed by atoms with Crippen molar-refractivity contribution in [3.63, 3.8) is 0 Å². The van der Waals surface area contributed by atoms with Gasteiger partial charge in [0.25, 0.3) is 5.91 Å². The van der Waals surface area contributed by atoms with Crippen molar-refractivity contribution in [1.82, 2.24) is 15.5 Å². The molecule has 2 aromatic rings. The van der Waals surface area contributed by atoms with E-state index in [4.69, 9.17) is 5.73 Å². The molecule has 4 N–H and O–H groups in total. The van der Waals surface area contributed by atoms with Crippen molar-refractivity contribution < 1.29 is 4.79 Å². The maximum atomic E-state index is 11.9. The van der Waals surface area contributed by atoms with Crippen molar-refractivity contribution in [3.05, 3.63) is 29.3 Å². The molecule has 1 unspecified atom stereocenters. The van der Waals surface area contributed by atoms with Gasteiger partial charge in [0.2, 0.25) is 0 Å². The van der Waals surface area contributed by atoms with E-state index in [2.05, 4.69) is 15.5 Å². The van der Waals surface area contributed by atoms with E-state index >= 15 is 0 Å². The second kappa shape index (κ2) is 5.14. The molecule has 0 aromatic carbocycles. The Balaban J connectivity index is 1.60. The molecule has 2 aromatic heterocycles. The predicted molar refractivity (Wildman–Crippen MR) is 74.9 cm³/mol. The van der Waals surface area contributed by atoms with E-state index < -0.39 is 0 Å². The van der Waals surface area contributed by atoms with Crippen LogP contribution < -0.4 is 11.1 Å². The summed E-state index contributed by atoms with van der Waals surface area (Å²) in [7, 11) is 0. The zero-order chi connectivity index (χ0) is 13.2. The van der Waals surface area contributed by atoms with Gasteiger partial charge in [0.1, 0.15) is 0 Å². The molecule has 5 nitrogen and oxygen atoms in total. The van der Waals surface area contributed by atoms with Crippen LogP contribution in [0.3, 0.4) is 0 Å². The summed E-state index contributed by atoms with van der Waals surface area (Å²) in [5.41, 5.74) is 7.22. The molecule has 3 rings (SSSR count). The Hall–Kier alpha value is -1.66. The quantitative estimate of drug-likeness (QED) is 0.775. The number of amides is 1. The minimum atomic E-state index is -0.171. The fourth-order valence-electron chi connectivity index (χ4n) is 1.99. The average Bonchev–Trinajstić information content (AvgIpc) is 2.94. The third-order valence-corrected chi connectivity index (χ3v) is 4.23. The maximum absolute atomic E-state index is 11.9. The van der Waals surface area contributed by atoms with Crippen LogP contribution in [0, 0.1) is 5.92 Å². The third-order valence-electron chi connectivity index (χ3n) is 3.32. The van der Waals surface area contributed by atoms with Crippen molar-refractivity contribution in [1.29, 1.82) is 0 Å². The summed E-state index contributed by atoms with van der Waals surface area (Å²) in [6.45, 7) is 0.519. The van der Waals surface area contributed by atoms with Crippen LogP contribution in [0.2, 0.25) is 0 Å². The zero-order valence-electron chi connectivity index (χ0n) is 10.4. The van der Waals surface area contributed by atoms with Gasteiger partial charge >= 0.3 is 0 Å². The largest absolute Gasteiger partial charge is 0.349 e. The number of nitrogens with one attached hydrogen (secondary N) is 2. The number of aromatic amines is 1. The number of thiophene rings is 1. The van der Waals surface area contributed by atoms with Crippen molar-refractivity contribution >= 4 is 17.2 Å². The highest BCUT2D eigenvalue weighted by Crippen LogP contribution is 2.31. The molecular formula is C13H16N4OS. The van der Waals surface area contributed by atoms with Gasteiger partial charge in [-0.15, -0.1) is 11.3 Å². The Bertz CT molecular complexity index is 559. The zero-order valence-corrected chi connectivity index (χ0v) is 11.2. The number of nitrogens with two attached hydrogens (primary N) is 1. The van der Waals surface area contributed by atoms with Crippen LogP contribution in [-0.4, -0.2) is 28.7 Å². The van der Waals surface area contributed by atoms with Crippen molar-refractivity contribution in [3.8, 4) is 10.6 Å². The minimum absolute atomic E-state index is 0.0691. The van der Waals surface area contributed by atoms with Crippen molar-refractivity contribution in [2.45, 2.75) is 18.9 Å². The van der Waals surface area contributed by atoms with E-state index in [0.717, 1.165) is 10.6 Å². The number of aromatic nitrogens is 2. The average molecular weight is 276 g/mol. The van der Waals surface area contributed by atoms with Crippen molar-refractivity contribution in [2.24, 2.45) is 11.7 Å². The van der Waals surface area contributed by atoms with E-state index in [0.29, 0.717) is 18.2 Å². The maximum Gasteiger partial charge on any atom is 0.271 e. The molecule has 0 bridgehead atoms. The lowest BCUT2D eigenvalue weighted by Crippen LogP contribution is -2.38. The molecule has 100 valence electrons. The highest BCUT2D eigenvalue weighted by Gasteiger charge is 2.28. The molecule has 1 atom stereocenters. The molecule has 1 saturated carbocycles. The van der Waals surface area contributed by atoms with Crippen molar-refractivity contribution in [2.75, 3.05) is 6.54 Å². The Morgan fingerprint density at radius 3 is 3.16 bits per heavy atom. The van der Waals surface area contributed by atoms with E-state index in [9.17, 15) is 4.79 Å². The van der Waals surface area contributed by atoms with Gasteiger partial charge in [0, 0.05) is 12.6 Å². The van der Waals surface area contributed by atoms with E-state index in [1.165, 1.54) is 12.8 Å². The number of H-pyrrole nitrogens is 1. The number of hydrogen-bond acceptors (Lipinski definition) is 4. The topological polar surface area (TPSA) is 83.8 Å². The Morgan fingerprint density at radius 2 is 2.47 bits per heavy atom. The molecular weight excluding hydrogens is 260 g/mol. The van der Waals surface area contributed by atoms with Gasteiger partial charge in [0.05, 0.1) is 10.6 Å². The molecule has 0 aliphatic heterocycles. The second-order valence-electron chi connectivity index (χ2n) is 4.86. The molecule has 1 fully saturated rings.